The van der Waals surface area contributed by atoms with Crippen LogP contribution in [0.15, 0.2) is 24.3 Å². The minimum atomic E-state index is -0.329. The summed E-state index contributed by atoms with van der Waals surface area (Å²) in [5.74, 6) is -0.484. The molecule has 0 radical (unpaired) electrons. The number of aryl methyl sites for hydroxylation is 1. The second kappa shape index (κ2) is 7.13. The predicted molar refractivity (Wildman–Crippen MR) is 86.3 cm³/mol. The summed E-state index contributed by atoms with van der Waals surface area (Å²) in [5, 5.41) is 14.2. The maximum atomic E-state index is 12.1. The average molecular weight is 318 g/mol. The topological polar surface area (TPSA) is 84.0 Å². The molecule has 0 saturated heterocycles. The molecule has 0 spiro atoms. The summed E-state index contributed by atoms with van der Waals surface area (Å²) in [6, 6.07) is 6.92. The smallest absolute Gasteiger partial charge is 0.286 e. The van der Waals surface area contributed by atoms with Crippen LogP contribution in [0.1, 0.15) is 45.4 Å². The second-order valence-corrected chi connectivity index (χ2v) is 6.13. The minimum Gasteiger partial charge on any atom is -0.350 e. The lowest BCUT2D eigenvalue weighted by atomic mass is 10.1. The first-order valence-corrected chi connectivity index (χ1v) is 7.83. The van der Waals surface area contributed by atoms with Crippen LogP contribution in [-0.4, -0.2) is 28.1 Å². The van der Waals surface area contributed by atoms with Crippen molar-refractivity contribution in [2.45, 2.75) is 33.2 Å². The standard InChI is InChI=1S/C15H18N4O2S/c1-4-9(2)16-13(20)11-6-5-7-12(8-11)17-14(21)15-19-18-10(3)22-15/h5-9H,4H2,1-3H3,(H,16,20)(H,17,21). The highest BCUT2D eigenvalue weighted by atomic mass is 32.1. The number of nitrogens with zero attached hydrogens (tertiary/aromatic N) is 2. The molecule has 2 rings (SSSR count). The van der Waals surface area contributed by atoms with E-state index in [4.69, 9.17) is 0 Å². The number of amides is 2. The molecule has 0 saturated carbocycles. The Hall–Kier alpha value is -2.28. The molecule has 2 amide bonds. The fraction of sp³-hybridized carbons (Fsp3) is 0.333. The maximum absolute atomic E-state index is 12.1. The Kier molecular flexibility index (Phi) is 5.21. The van der Waals surface area contributed by atoms with Crippen LogP contribution in [-0.2, 0) is 0 Å². The van der Waals surface area contributed by atoms with Gasteiger partial charge < -0.3 is 10.6 Å². The zero-order valence-electron chi connectivity index (χ0n) is 12.7. The van der Waals surface area contributed by atoms with E-state index in [0.717, 1.165) is 11.4 Å². The van der Waals surface area contributed by atoms with E-state index >= 15 is 0 Å². The van der Waals surface area contributed by atoms with E-state index in [-0.39, 0.29) is 17.9 Å². The van der Waals surface area contributed by atoms with E-state index in [9.17, 15) is 9.59 Å². The summed E-state index contributed by atoms with van der Waals surface area (Å²) in [4.78, 5) is 24.1. The summed E-state index contributed by atoms with van der Waals surface area (Å²) in [6.07, 6.45) is 0.860. The summed E-state index contributed by atoms with van der Waals surface area (Å²) >= 11 is 1.22. The number of rotatable bonds is 5. The van der Waals surface area contributed by atoms with Gasteiger partial charge in [-0.3, -0.25) is 9.59 Å². The van der Waals surface area contributed by atoms with Gasteiger partial charge >= 0.3 is 0 Å². The Morgan fingerprint density at radius 3 is 2.68 bits per heavy atom. The molecule has 1 atom stereocenters. The number of carbonyl (C=O) groups is 2. The van der Waals surface area contributed by atoms with E-state index in [1.165, 1.54) is 11.3 Å². The molecule has 0 aliphatic rings. The van der Waals surface area contributed by atoms with Crippen molar-refractivity contribution in [2.24, 2.45) is 0 Å². The molecule has 0 aliphatic heterocycles. The van der Waals surface area contributed by atoms with Crippen molar-refractivity contribution in [1.29, 1.82) is 0 Å². The summed E-state index contributed by atoms with van der Waals surface area (Å²) in [6.45, 7) is 5.74. The van der Waals surface area contributed by atoms with Crippen LogP contribution < -0.4 is 10.6 Å². The highest BCUT2D eigenvalue weighted by molar-refractivity contribution is 7.13. The van der Waals surface area contributed by atoms with Gasteiger partial charge in [-0.1, -0.05) is 24.3 Å². The van der Waals surface area contributed by atoms with Crippen LogP contribution in [0.25, 0.3) is 0 Å². The van der Waals surface area contributed by atoms with Gasteiger partial charge in [-0.05, 0) is 38.5 Å². The molecule has 1 unspecified atom stereocenters. The first-order chi connectivity index (χ1) is 10.5. The minimum absolute atomic E-state index is 0.107. The Morgan fingerprint density at radius 2 is 2.05 bits per heavy atom. The third-order valence-electron chi connectivity index (χ3n) is 3.09. The zero-order valence-corrected chi connectivity index (χ0v) is 13.5. The SMILES string of the molecule is CCC(C)NC(=O)c1cccc(NC(=O)c2nnc(C)s2)c1. The van der Waals surface area contributed by atoms with Crippen LogP contribution >= 0.6 is 11.3 Å². The first kappa shape index (κ1) is 16.1. The predicted octanol–water partition coefficient (Wildman–Crippen LogP) is 2.63. The molecular formula is C15H18N4O2S. The van der Waals surface area contributed by atoms with Crippen molar-refractivity contribution in [3.05, 3.63) is 39.8 Å². The van der Waals surface area contributed by atoms with Crippen LogP contribution in [0.4, 0.5) is 5.69 Å². The molecule has 1 heterocycles. The van der Waals surface area contributed by atoms with E-state index < -0.39 is 0 Å². The molecular weight excluding hydrogens is 300 g/mol. The van der Waals surface area contributed by atoms with Gasteiger partial charge in [-0.25, -0.2) is 0 Å². The van der Waals surface area contributed by atoms with Gasteiger partial charge in [0, 0.05) is 17.3 Å². The lowest BCUT2D eigenvalue weighted by molar-refractivity contribution is 0.0938. The van der Waals surface area contributed by atoms with E-state index in [1.54, 1.807) is 31.2 Å². The van der Waals surface area contributed by atoms with Crippen LogP contribution in [0.3, 0.4) is 0 Å². The second-order valence-electron chi connectivity index (χ2n) is 4.94. The highest BCUT2D eigenvalue weighted by Gasteiger charge is 2.13. The molecule has 2 aromatic rings. The van der Waals surface area contributed by atoms with Gasteiger partial charge in [0.1, 0.15) is 5.01 Å². The van der Waals surface area contributed by atoms with Crippen molar-refractivity contribution >= 4 is 28.8 Å². The quantitative estimate of drug-likeness (QED) is 0.887. The summed E-state index contributed by atoms with van der Waals surface area (Å²) < 4.78 is 0. The fourth-order valence-corrected chi connectivity index (χ4v) is 2.31. The third-order valence-corrected chi connectivity index (χ3v) is 3.93. The number of nitrogens with one attached hydrogen (secondary N) is 2. The monoisotopic (exact) mass is 318 g/mol. The highest BCUT2D eigenvalue weighted by Crippen LogP contribution is 2.14. The Bertz CT molecular complexity index is 684. The number of aromatic nitrogens is 2. The van der Waals surface area contributed by atoms with Crippen LogP contribution in [0.2, 0.25) is 0 Å². The Balaban J connectivity index is 2.08. The van der Waals surface area contributed by atoms with Gasteiger partial charge in [0.05, 0.1) is 0 Å². The molecule has 1 aromatic heterocycles. The molecule has 22 heavy (non-hydrogen) atoms. The number of benzene rings is 1. The molecule has 0 aliphatic carbocycles. The third kappa shape index (κ3) is 4.11. The molecule has 0 bridgehead atoms. The number of carbonyl (C=O) groups excluding carboxylic acids is 2. The van der Waals surface area contributed by atoms with Crippen molar-refractivity contribution < 1.29 is 9.59 Å². The number of anilines is 1. The number of hydrogen-bond acceptors (Lipinski definition) is 5. The lowest BCUT2D eigenvalue weighted by Gasteiger charge is -2.12. The maximum Gasteiger partial charge on any atom is 0.286 e. The normalized spacial score (nSPS) is 11.8. The molecule has 1 aromatic carbocycles. The molecule has 2 N–H and O–H groups in total. The van der Waals surface area contributed by atoms with Crippen molar-refractivity contribution in [2.75, 3.05) is 5.32 Å². The number of hydrogen-bond donors (Lipinski definition) is 2. The molecule has 0 fully saturated rings. The molecule has 6 nitrogen and oxygen atoms in total. The van der Waals surface area contributed by atoms with E-state index in [0.29, 0.717) is 16.3 Å². The van der Waals surface area contributed by atoms with Gasteiger partial charge in [0.25, 0.3) is 11.8 Å². The summed E-state index contributed by atoms with van der Waals surface area (Å²) in [7, 11) is 0. The van der Waals surface area contributed by atoms with Crippen LogP contribution in [0, 0.1) is 6.92 Å². The van der Waals surface area contributed by atoms with Crippen molar-refractivity contribution in [1.82, 2.24) is 15.5 Å². The molecule has 116 valence electrons. The average Bonchev–Trinajstić information content (AvgIpc) is 2.94. The largest absolute Gasteiger partial charge is 0.350 e. The van der Waals surface area contributed by atoms with E-state index in [2.05, 4.69) is 20.8 Å². The van der Waals surface area contributed by atoms with E-state index in [1.807, 2.05) is 13.8 Å². The van der Waals surface area contributed by atoms with Crippen molar-refractivity contribution in [3.63, 3.8) is 0 Å². The zero-order chi connectivity index (χ0) is 16.1. The summed E-state index contributed by atoms with van der Waals surface area (Å²) in [5.41, 5.74) is 1.06. The lowest BCUT2D eigenvalue weighted by Crippen LogP contribution is -2.31. The Labute approximate surface area is 133 Å². The van der Waals surface area contributed by atoms with Crippen LogP contribution in [0.5, 0.6) is 0 Å². The van der Waals surface area contributed by atoms with Gasteiger partial charge in [0.15, 0.2) is 0 Å². The van der Waals surface area contributed by atoms with Gasteiger partial charge in [-0.15, -0.1) is 10.2 Å². The van der Waals surface area contributed by atoms with Crippen molar-refractivity contribution in [3.8, 4) is 0 Å². The Morgan fingerprint density at radius 1 is 1.27 bits per heavy atom. The van der Waals surface area contributed by atoms with Gasteiger partial charge in [0.2, 0.25) is 5.01 Å². The van der Waals surface area contributed by atoms with Gasteiger partial charge in [-0.2, -0.15) is 0 Å². The fourth-order valence-electron chi connectivity index (χ4n) is 1.72. The first-order valence-electron chi connectivity index (χ1n) is 7.02. The molecule has 7 heteroatoms.